The second-order valence-corrected chi connectivity index (χ2v) is 6.38. The molecule has 1 atom stereocenters. The van der Waals surface area contributed by atoms with Crippen molar-refractivity contribution < 1.29 is 0 Å². The van der Waals surface area contributed by atoms with Crippen molar-refractivity contribution in [2.75, 3.05) is 12.3 Å². The van der Waals surface area contributed by atoms with E-state index in [1.54, 1.807) is 4.68 Å². The Morgan fingerprint density at radius 3 is 2.81 bits per heavy atom. The van der Waals surface area contributed by atoms with Gasteiger partial charge in [0.25, 0.3) is 0 Å². The summed E-state index contributed by atoms with van der Waals surface area (Å²) in [6.45, 7) is 5.40. The maximum absolute atomic E-state index is 4.20. The summed E-state index contributed by atoms with van der Waals surface area (Å²) in [6.07, 6.45) is 4.07. The van der Waals surface area contributed by atoms with E-state index in [4.69, 9.17) is 0 Å². The van der Waals surface area contributed by atoms with Crippen LogP contribution >= 0.6 is 11.8 Å². The highest BCUT2D eigenvalue weighted by Gasteiger charge is 2.12. The quantitative estimate of drug-likeness (QED) is 0.762. The van der Waals surface area contributed by atoms with Crippen molar-refractivity contribution in [1.29, 1.82) is 0 Å². The predicted molar refractivity (Wildman–Crippen MR) is 88.7 cm³/mol. The van der Waals surface area contributed by atoms with Crippen molar-refractivity contribution in [3.05, 3.63) is 41.7 Å². The second-order valence-electron chi connectivity index (χ2n) is 5.32. The smallest absolute Gasteiger partial charge is 0.0842 e. The molecule has 21 heavy (non-hydrogen) atoms. The highest BCUT2D eigenvalue weighted by atomic mass is 32.2. The van der Waals surface area contributed by atoms with Gasteiger partial charge in [-0.3, -0.25) is 4.68 Å². The van der Waals surface area contributed by atoms with Gasteiger partial charge in [-0.25, -0.2) is 0 Å². The van der Waals surface area contributed by atoms with Crippen molar-refractivity contribution in [3.8, 4) is 0 Å². The average molecular weight is 304 g/mol. The molecule has 0 aliphatic rings. The fraction of sp³-hybridized carbons (Fsp3) is 0.500. The molecule has 114 valence electrons. The summed E-state index contributed by atoms with van der Waals surface area (Å²) in [5, 5.41) is 11.8. The minimum absolute atomic E-state index is 0.422. The number of rotatable bonds is 8. The molecule has 1 unspecified atom stereocenters. The van der Waals surface area contributed by atoms with E-state index >= 15 is 0 Å². The maximum Gasteiger partial charge on any atom is 0.0842 e. The van der Waals surface area contributed by atoms with E-state index in [9.17, 15) is 0 Å². The Hall–Kier alpha value is -1.33. The van der Waals surface area contributed by atoms with Crippen LogP contribution in [0, 0.1) is 6.92 Å². The first-order chi connectivity index (χ1) is 10.2. The molecule has 2 aromatic rings. The van der Waals surface area contributed by atoms with Crippen LogP contribution in [0.3, 0.4) is 0 Å². The summed E-state index contributed by atoms with van der Waals surface area (Å²) < 4.78 is 1.76. The third kappa shape index (κ3) is 5.17. The fourth-order valence-corrected chi connectivity index (χ4v) is 3.28. The lowest BCUT2D eigenvalue weighted by Crippen LogP contribution is -2.34. The Kier molecular flexibility index (Phi) is 6.26. The number of hydrogen-bond acceptors (Lipinski definition) is 4. The van der Waals surface area contributed by atoms with Crippen LogP contribution in [0.1, 0.15) is 24.6 Å². The van der Waals surface area contributed by atoms with Crippen LogP contribution in [0.25, 0.3) is 0 Å². The number of nitrogens with zero attached hydrogens (tertiary/aromatic N) is 3. The van der Waals surface area contributed by atoms with Crippen LogP contribution in [0.5, 0.6) is 0 Å². The summed E-state index contributed by atoms with van der Waals surface area (Å²) in [5.41, 5.74) is 2.40. The first-order valence-electron chi connectivity index (χ1n) is 7.46. The Bertz CT molecular complexity index is 553. The SMILES string of the molecule is CCCNC(CSc1ccccc1C)Cc1cn(C)nn1. The first-order valence-corrected chi connectivity index (χ1v) is 8.44. The van der Waals surface area contributed by atoms with Gasteiger partial charge in [-0.2, -0.15) is 0 Å². The predicted octanol–water partition coefficient (Wildman–Crippen LogP) is 2.83. The van der Waals surface area contributed by atoms with Gasteiger partial charge in [-0.15, -0.1) is 16.9 Å². The van der Waals surface area contributed by atoms with Gasteiger partial charge in [0.2, 0.25) is 0 Å². The lowest BCUT2D eigenvalue weighted by Gasteiger charge is -2.17. The molecule has 1 aromatic heterocycles. The van der Waals surface area contributed by atoms with Crippen LogP contribution in [0.15, 0.2) is 35.4 Å². The van der Waals surface area contributed by atoms with Crippen molar-refractivity contribution >= 4 is 11.8 Å². The average Bonchev–Trinajstić information content (AvgIpc) is 2.88. The maximum atomic E-state index is 4.20. The van der Waals surface area contributed by atoms with E-state index in [2.05, 4.69) is 53.7 Å². The van der Waals surface area contributed by atoms with E-state index in [-0.39, 0.29) is 0 Å². The normalized spacial score (nSPS) is 12.5. The van der Waals surface area contributed by atoms with E-state index in [1.807, 2.05) is 25.0 Å². The third-order valence-electron chi connectivity index (χ3n) is 3.32. The van der Waals surface area contributed by atoms with Gasteiger partial charge >= 0.3 is 0 Å². The molecule has 4 nitrogen and oxygen atoms in total. The Labute approximate surface area is 131 Å². The second kappa shape index (κ2) is 8.20. The zero-order valence-corrected chi connectivity index (χ0v) is 13.9. The van der Waals surface area contributed by atoms with Gasteiger partial charge in [0.1, 0.15) is 0 Å². The fourth-order valence-electron chi connectivity index (χ4n) is 2.19. The summed E-state index contributed by atoms with van der Waals surface area (Å²) in [5.74, 6) is 1.04. The molecule has 0 fully saturated rings. The standard InChI is InChI=1S/C16H24N4S/c1-4-9-17-15(10-14-11-20(3)19-18-14)12-21-16-8-6-5-7-13(16)2/h5-8,11,15,17H,4,9-10,12H2,1-3H3. The van der Waals surface area contributed by atoms with E-state index in [0.717, 1.165) is 30.8 Å². The minimum Gasteiger partial charge on any atom is -0.313 e. The summed E-state index contributed by atoms with van der Waals surface area (Å²) >= 11 is 1.91. The molecule has 0 aliphatic carbocycles. The van der Waals surface area contributed by atoms with Gasteiger partial charge in [-0.1, -0.05) is 30.3 Å². The first kappa shape index (κ1) is 16.0. The largest absolute Gasteiger partial charge is 0.313 e. The number of nitrogens with one attached hydrogen (secondary N) is 1. The van der Waals surface area contributed by atoms with Crippen LogP contribution < -0.4 is 5.32 Å². The van der Waals surface area contributed by atoms with Gasteiger partial charge in [0, 0.05) is 36.4 Å². The topological polar surface area (TPSA) is 42.7 Å². The lowest BCUT2D eigenvalue weighted by molar-refractivity contribution is 0.544. The molecule has 0 saturated carbocycles. The van der Waals surface area contributed by atoms with Gasteiger partial charge in [0.05, 0.1) is 5.69 Å². The number of hydrogen-bond donors (Lipinski definition) is 1. The van der Waals surface area contributed by atoms with Crippen molar-refractivity contribution in [1.82, 2.24) is 20.3 Å². The van der Waals surface area contributed by atoms with Gasteiger partial charge in [0.15, 0.2) is 0 Å². The highest BCUT2D eigenvalue weighted by Crippen LogP contribution is 2.23. The molecular weight excluding hydrogens is 280 g/mol. The highest BCUT2D eigenvalue weighted by molar-refractivity contribution is 7.99. The Morgan fingerprint density at radius 1 is 1.33 bits per heavy atom. The Morgan fingerprint density at radius 2 is 2.14 bits per heavy atom. The van der Waals surface area contributed by atoms with Crippen molar-refractivity contribution in [3.63, 3.8) is 0 Å². The molecule has 2 rings (SSSR count). The molecule has 1 N–H and O–H groups in total. The van der Waals surface area contributed by atoms with Crippen LogP contribution in [0.2, 0.25) is 0 Å². The Balaban J connectivity index is 1.94. The lowest BCUT2D eigenvalue weighted by atomic mass is 10.2. The van der Waals surface area contributed by atoms with Crippen LogP contribution in [0.4, 0.5) is 0 Å². The third-order valence-corrected chi connectivity index (χ3v) is 4.66. The number of aryl methyl sites for hydroxylation is 2. The van der Waals surface area contributed by atoms with Gasteiger partial charge < -0.3 is 5.32 Å². The molecule has 1 heterocycles. The van der Waals surface area contributed by atoms with Crippen LogP contribution in [-0.4, -0.2) is 33.3 Å². The van der Waals surface area contributed by atoms with Crippen molar-refractivity contribution in [2.24, 2.45) is 7.05 Å². The monoisotopic (exact) mass is 304 g/mol. The molecule has 0 bridgehead atoms. The number of benzene rings is 1. The molecule has 0 radical (unpaired) electrons. The van der Waals surface area contributed by atoms with Crippen LogP contribution in [-0.2, 0) is 13.5 Å². The molecule has 0 spiro atoms. The van der Waals surface area contributed by atoms with E-state index < -0.39 is 0 Å². The summed E-state index contributed by atoms with van der Waals surface area (Å²) in [7, 11) is 1.91. The van der Waals surface area contributed by atoms with Crippen molar-refractivity contribution in [2.45, 2.75) is 37.6 Å². The van der Waals surface area contributed by atoms with Gasteiger partial charge in [-0.05, 0) is 31.5 Å². The molecular formula is C16H24N4S. The minimum atomic E-state index is 0.422. The van der Waals surface area contributed by atoms with E-state index in [0.29, 0.717) is 6.04 Å². The zero-order valence-electron chi connectivity index (χ0n) is 13.0. The molecule has 0 saturated heterocycles. The molecule has 0 aliphatic heterocycles. The molecule has 0 amide bonds. The summed E-state index contributed by atoms with van der Waals surface area (Å²) in [4.78, 5) is 1.36. The zero-order chi connectivity index (χ0) is 15.1. The molecule has 1 aromatic carbocycles. The van der Waals surface area contributed by atoms with E-state index in [1.165, 1.54) is 10.5 Å². The summed E-state index contributed by atoms with van der Waals surface area (Å²) in [6, 6.07) is 8.97. The number of aromatic nitrogens is 3. The number of thioether (sulfide) groups is 1. The molecule has 5 heteroatoms.